The molecule has 2 rings (SSSR count). The lowest BCUT2D eigenvalue weighted by molar-refractivity contribution is -0.127. The third-order valence-corrected chi connectivity index (χ3v) is 5.71. The molecule has 0 saturated heterocycles. The summed E-state index contributed by atoms with van der Waals surface area (Å²) in [5, 5.41) is 2.10. The van der Waals surface area contributed by atoms with E-state index < -0.39 is 38.9 Å². The van der Waals surface area contributed by atoms with E-state index in [2.05, 4.69) is 4.72 Å². The predicted octanol–water partition coefficient (Wildman–Crippen LogP) is 2.54. The molecular weight excluding hydrogens is 473 g/mol. The number of imide groups is 1. The average Bonchev–Trinajstić information content (AvgIpc) is 2.69. The Balaban J connectivity index is 2.35. The molecule has 166 valence electrons. The number of benzene rings is 2. The summed E-state index contributed by atoms with van der Waals surface area (Å²) in [6.45, 7) is 1.21. The van der Waals surface area contributed by atoms with Crippen LogP contribution in [0.2, 0.25) is 10.0 Å². The number of carbonyl (C=O) groups is 3. The second-order valence-corrected chi connectivity index (χ2v) is 8.49. The number of halogens is 2. The van der Waals surface area contributed by atoms with Crippen molar-refractivity contribution in [2.45, 2.75) is 17.9 Å². The molecule has 0 saturated carbocycles. The number of hydrogen-bond acceptors (Lipinski definition) is 7. The van der Waals surface area contributed by atoms with Gasteiger partial charge >= 0.3 is 12.0 Å². The molecule has 2 aromatic carbocycles. The Morgan fingerprint density at radius 1 is 1.10 bits per heavy atom. The molecule has 1 atom stereocenters. The maximum atomic E-state index is 12.9. The maximum absolute atomic E-state index is 12.9. The van der Waals surface area contributed by atoms with Crippen LogP contribution in [0, 0.1) is 0 Å². The minimum Gasteiger partial charge on any atom is -0.495 e. The third kappa shape index (κ3) is 6.23. The zero-order chi connectivity index (χ0) is 23.3. The fraction of sp³-hybridized carbons (Fsp3) is 0.167. The van der Waals surface area contributed by atoms with Crippen LogP contribution in [0.4, 0.5) is 10.5 Å². The van der Waals surface area contributed by atoms with Gasteiger partial charge in [0, 0.05) is 5.02 Å². The Morgan fingerprint density at radius 2 is 1.77 bits per heavy atom. The first-order valence-electron chi connectivity index (χ1n) is 8.41. The number of amides is 3. The number of carbonyl (C=O) groups excluding carboxylic acids is 3. The van der Waals surface area contributed by atoms with Gasteiger partial charge in [-0.25, -0.2) is 18.0 Å². The van der Waals surface area contributed by atoms with Crippen LogP contribution in [-0.4, -0.2) is 39.5 Å². The SMILES string of the molecule is COc1ccc(C(=O)O[C@H](C)C(=O)NC(N)=O)cc1S(=O)(=O)Nc1cc(Cl)ccc1Cl. The molecule has 0 unspecified atom stereocenters. The number of sulfonamides is 1. The van der Waals surface area contributed by atoms with E-state index in [0.29, 0.717) is 0 Å². The first-order valence-corrected chi connectivity index (χ1v) is 10.7. The van der Waals surface area contributed by atoms with Gasteiger partial charge in [-0.15, -0.1) is 0 Å². The smallest absolute Gasteiger partial charge is 0.338 e. The first kappa shape index (κ1) is 24.3. The number of urea groups is 1. The maximum Gasteiger partial charge on any atom is 0.338 e. The summed E-state index contributed by atoms with van der Waals surface area (Å²) in [6, 6.07) is 6.56. The van der Waals surface area contributed by atoms with Gasteiger partial charge in [-0.05, 0) is 43.3 Å². The number of nitrogens with two attached hydrogens (primary N) is 1. The van der Waals surface area contributed by atoms with Crippen LogP contribution in [-0.2, 0) is 19.6 Å². The van der Waals surface area contributed by atoms with E-state index in [0.717, 1.165) is 6.07 Å². The molecule has 13 heteroatoms. The molecule has 0 fully saturated rings. The predicted molar refractivity (Wildman–Crippen MR) is 113 cm³/mol. The highest BCUT2D eigenvalue weighted by atomic mass is 35.5. The van der Waals surface area contributed by atoms with Crippen molar-refractivity contribution in [3.63, 3.8) is 0 Å². The van der Waals surface area contributed by atoms with Gasteiger partial charge in [-0.2, -0.15) is 0 Å². The van der Waals surface area contributed by atoms with Crippen LogP contribution in [0.3, 0.4) is 0 Å². The lowest BCUT2D eigenvalue weighted by atomic mass is 10.2. The van der Waals surface area contributed by atoms with Crippen molar-refractivity contribution in [1.29, 1.82) is 0 Å². The van der Waals surface area contributed by atoms with Crippen molar-refractivity contribution in [3.8, 4) is 5.75 Å². The fourth-order valence-corrected chi connectivity index (χ4v) is 3.95. The minimum atomic E-state index is -4.28. The van der Waals surface area contributed by atoms with Crippen LogP contribution >= 0.6 is 23.2 Å². The lowest BCUT2D eigenvalue weighted by Gasteiger charge is -2.15. The first-order chi connectivity index (χ1) is 14.4. The van der Waals surface area contributed by atoms with Crippen molar-refractivity contribution >= 4 is 56.8 Å². The summed E-state index contributed by atoms with van der Waals surface area (Å²) in [6.07, 6.45) is -1.37. The molecule has 0 bridgehead atoms. The Kier molecular flexibility index (Phi) is 7.71. The van der Waals surface area contributed by atoms with E-state index in [1.54, 1.807) is 5.32 Å². The van der Waals surface area contributed by atoms with E-state index in [4.69, 9.17) is 38.4 Å². The fourth-order valence-electron chi connectivity index (χ4n) is 2.29. The molecule has 3 amide bonds. The molecule has 0 spiro atoms. The van der Waals surface area contributed by atoms with Gasteiger partial charge in [0.15, 0.2) is 6.10 Å². The molecule has 0 aromatic heterocycles. The normalized spacial score (nSPS) is 11.9. The third-order valence-electron chi connectivity index (χ3n) is 3.76. The van der Waals surface area contributed by atoms with Gasteiger partial charge in [0.25, 0.3) is 15.9 Å². The number of hydrogen-bond donors (Lipinski definition) is 3. The van der Waals surface area contributed by atoms with Gasteiger partial charge in [0.05, 0.1) is 23.4 Å². The Bertz CT molecular complexity index is 1140. The highest BCUT2D eigenvalue weighted by Crippen LogP contribution is 2.31. The highest BCUT2D eigenvalue weighted by molar-refractivity contribution is 7.92. The average molecular weight is 490 g/mol. The Labute approximate surface area is 187 Å². The topological polar surface area (TPSA) is 154 Å². The van der Waals surface area contributed by atoms with Crippen molar-refractivity contribution in [2.75, 3.05) is 11.8 Å². The molecule has 0 heterocycles. The highest BCUT2D eigenvalue weighted by Gasteiger charge is 2.25. The monoisotopic (exact) mass is 489 g/mol. The van der Waals surface area contributed by atoms with Gasteiger partial charge in [0.2, 0.25) is 0 Å². The van der Waals surface area contributed by atoms with E-state index >= 15 is 0 Å². The number of ether oxygens (including phenoxy) is 2. The standard InChI is InChI=1S/C18H17Cl2N3O7S/c1-9(16(24)22-18(21)26)30-17(25)10-3-6-14(29-2)15(7-10)31(27,28)23-13-8-11(19)4-5-12(13)20/h3-9,23H,1-2H3,(H3,21,22,24,26)/t9-/m1/s1. The summed E-state index contributed by atoms with van der Waals surface area (Å²) < 4.78 is 38.1. The van der Waals surface area contributed by atoms with E-state index in [1.165, 1.54) is 44.4 Å². The molecule has 2 aromatic rings. The molecule has 0 radical (unpaired) electrons. The van der Waals surface area contributed by atoms with Crippen LogP contribution in [0.5, 0.6) is 5.75 Å². The number of anilines is 1. The van der Waals surface area contributed by atoms with Gasteiger partial charge in [-0.1, -0.05) is 23.2 Å². The zero-order valence-electron chi connectivity index (χ0n) is 16.1. The van der Waals surface area contributed by atoms with Gasteiger partial charge < -0.3 is 15.2 Å². The van der Waals surface area contributed by atoms with Crippen LogP contribution < -0.4 is 20.5 Å². The quantitative estimate of drug-likeness (QED) is 0.504. The second-order valence-electron chi connectivity index (χ2n) is 6.00. The molecule has 4 N–H and O–H groups in total. The lowest BCUT2D eigenvalue weighted by Crippen LogP contribution is -2.42. The Morgan fingerprint density at radius 3 is 2.39 bits per heavy atom. The van der Waals surface area contributed by atoms with Crippen LogP contribution in [0.25, 0.3) is 0 Å². The molecule has 0 aliphatic rings. The number of primary amides is 1. The Hall–Kier alpha value is -3.02. The van der Waals surface area contributed by atoms with E-state index in [-0.39, 0.29) is 27.0 Å². The number of rotatable bonds is 7. The van der Waals surface area contributed by atoms with Crippen molar-refractivity contribution < 1.29 is 32.3 Å². The van der Waals surface area contributed by atoms with Crippen LogP contribution in [0.15, 0.2) is 41.3 Å². The molecule has 10 nitrogen and oxygen atoms in total. The largest absolute Gasteiger partial charge is 0.495 e. The summed E-state index contributed by atoms with van der Waals surface area (Å²) in [5.41, 5.74) is 4.66. The second kappa shape index (κ2) is 9.86. The van der Waals surface area contributed by atoms with E-state index in [1.807, 2.05) is 0 Å². The van der Waals surface area contributed by atoms with Crippen LogP contribution in [0.1, 0.15) is 17.3 Å². The van der Waals surface area contributed by atoms with Gasteiger partial charge in [-0.3, -0.25) is 14.8 Å². The summed E-state index contributed by atoms with van der Waals surface area (Å²) >= 11 is 11.9. The number of methoxy groups -OCH3 is 1. The van der Waals surface area contributed by atoms with Crippen molar-refractivity contribution in [1.82, 2.24) is 5.32 Å². The molecule has 0 aliphatic carbocycles. The van der Waals surface area contributed by atoms with Crippen molar-refractivity contribution in [2.24, 2.45) is 5.73 Å². The number of nitrogens with one attached hydrogen (secondary N) is 2. The van der Waals surface area contributed by atoms with Crippen molar-refractivity contribution in [3.05, 3.63) is 52.0 Å². The van der Waals surface area contributed by atoms with Gasteiger partial charge in [0.1, 0.15) is 10.6 Å². The number of esters is 1. The molecule has 0 aliphatic heterocycles. The van der Waals surface area contributed by atoms with E-state index in [9.17, 15) is 22.8 Å². The zero-order valence-corrected chi connectivity index (χ0v) is 18.5. The summed E-state index contributed by atoms with van der Waals surface area (Å²) in [4.78, 5) is 34.4. The summed E-state index contributed by atoms with van der Waals surface area (Å²) in [5.74, 6) is -2.03. The summed E-state index contributed by atoms with van der Waals surface area (Å²) in [7, 11) is -3.03. The molecule has 31 heavy (non-hydrogen) atoms. The minimum absolute atomic E-state index is 0.0148. The molecular formula is C18H17Cl2N3O7S.